The molecule has 1 saturated heterocycles. The Labute approximate surface area is 183 Å². The molecule has 160 valence electrons. The third-order valence-corrected chi connectivity index (χ3v) is 5.38. The number of methoxy groups -OCH3 is 2. The van der Waals surface area contributed by atoms with Gasteiger partial charge in [-0.05, 0) is 48.0 Å². The molecule has 2 aromatic rings. The van der Waals surface area contributed by atoms with Gasteiger partial charge in [0.1, 0.15) is 0 Å². The first-order valence-electron chi connectivity index (χ1n) is 10.00. The Bertz CT molecular complexity index is 862. The van der Waals surface area contributed by atoms with Gasteiger partial charge in [0.15, 0.2) is 11.5 Å². The number of benzene rings is 2. The number of nitrogens with one attached hydrogen (secondary N) is 1. The van der Waals surface area contributed by atoms with Crippen LogP contribution in [-0.4, -0.2) is 64.3 Å². The zero-order valence-corrected chi connectivity index (χ0v) is 18.2. The molecule has 0 bridgehead atoms. The predicted molar refractivity (Wildman–Crippen MR) is 122 cm³/mol. The first-order valence-corrected chi connectivity index (χ1v) is 10.4. The molecule has 0 atom stereocenters. The molecule has 0 spiro atoms. The van der Waals surface area contributed by atoms with Gasteiger partial charge in [-0.15, -0.1) is 0 Å². The standard InChI is InChI=1S/C23H28ClN3O3/c1-29-21-9-3-18(17-22(21)30-2)4-10-23(28)25-11-12-26-13-15-27(16-14-26)20-7-5-19(24)6-8-20/h3-10,17H,11-16H2,1-2H3,(H,25,28)/b10-4+. The smallest absolute Gasteiger partial charge is 0.244 e. The summed E-state index contributed by atoms with van der Waals surface area (Å²) in [7, 11) is 3.19. The molecule has 0 aromatic heterocycles. The highest BCUT2D eigenvalue weighted by atomic mass is 35.5. The van der Waals surface area contributed by atoms with Crippen molar-refractivity contribution in [3.63, 3.8) is 0 Å². The summed E-state index contributed by atoms with van der Waals surface area (Å²) in [5.41, 5.74) is 2.08. The second kappa shape index (κ2) is 10.9. The summed E-state index contributed by atoms with van der Waals surface area (Å²) in [5, 5.41) is 3.71. The predicted octanol–water partition coefficient (Wildman–Crippen LogP) is 3.31. The van der Waals surface area contributed by atoms with Gasteiger partial charge in [-0.1, -0.05) is 17.7 Å². The number of ether oxygens (including phenoxy) is 2. The zero-order chi connectivity index (χ0) is 21.3. The molecule has 1 heterocycles. The summed E-state index contributed by atoms with van der Waals surface area (Å²) in [6.45, 7) is 5.34. The monoisotopic (exact) mass is 429 g/mol. The van der Waals surface area contributed by atoms with E-state index in [9.17, 15) is 4.79 Å². The van der Waals surface area contributed by atoms with Gasteiger partial charge in [0, 0.05) is 56.1 Å². The van der Waals surface area contributed by atoms with E-state index in [-0.39, 0.29) is 5.91 Å². The first-order chi connectivity index (χ1) is 14.6. The number of hydrogen-bond acceptors (Lipinski definition) is 5. The summed E-state index contributed by atoms with van der Waals surface area (Å²) < 4.78 is 10.5. The van der Waals surface area contributed by atoms with E-state index in [1.54, 1.807) is 26.4 Å². The molecule has 0 saturated carbocycles. The number of piperazine rings is 1. The van der Waals surface area contributed by atoms with Gasteiger partial charge < -0.3 is 19.7 Å². The number of anilines is 1. The molecule has 6 nitrogen and oxygen atoms in total. The molecule has 3 rings (SSSR count). The third kappa shape index (κ3) is 6.15. The summed E-state index contributed by atoms with van der Waals surface area (Å²) in [4.78, 5) is 16.8. The van der Waals surface area contributed by atoms with Gasteiger partial charge in [-0.25, -0.2) is 0 Å². The molecule has 1 fully saturated rings. The van der Waals surface area contributed by atoms with Gasteiger partial charge in [-0.3, -0.25) is 9.69 Å². The number of amides is 1. The minimum atomic E-state index is -0.107. The van der Waals surface area contributed by atoms with Crippen LogP contribution < -0.4 is 19.7 Å². The zero-order valence-electron chi connectivity index (χ0n) is 17.4. The summed E-state index contributed by atoms with van der Waals surface area (Å²) in [6, 6.07) is 13.5. The quantitative estimate of drug-likeness (QED) is 0.652. The van der Waals surface area contributed by atoms with E-state index in [4.69, 9.17) is 21.1 Å². The Morgan fingerprint density at radius 3 is 2.40 bits per heavy atom. The van der Waals surface area contributed by atoms with E-state index in [2.05, 4.69) is 27.2 Å². The van der Waals surface area contributed by atoms with Crippen LogP contribution in [-0.2, 0) is 4.79 Å². The highest BCUT2D eigenvalue weighted by molar-refractivity contribution is 6.30. The largest absolute Gasteiger partial charge is 0.493 e. The second-order valence-electron chi connectivity index (χ2n) is 7.04. The number of halogens is 1. The van der Waals surface area contributed by atoms with Crippen LogP contribution in [0.25, 0.3) is 6.08 Å². The van der Waals surface area contributed by atoms with Gasteiger partial charge >= 0.3 is 0 Å². The van der Waals surface area contributed by atoms with Crippen molar-refractivity contribution < 1.29 is 14.3 Å². The van der Waals surface area contributed by atoms with Gasteiger partial charge in [0.25, 0.3) is 0 Å². The molecule has 1 aliphatic rings. The fraction of sp³-hybridized carbons (Fsp3) is 0.348. The molecule has 0 unspecified atom stereocenters. The molecule has 7 heteroatoms. The van der Waals surface area contributed by atoms with Crippen LogP contribution in [0.3, 0.4) is 0 Å². The van der Waals surface area contributed by atoms with Crippen LogP contribution in [0.15, 0.2) is 48.5 Å². The van der Waals surface area contributed by atoms with E-state index >= 15 is 0 Å². The maximum Gasteiger partial charge on any atom is 0.244 e. The molecular weight excluding hydrogens is 402 g/mol. The normalized spacial score (nSPS) is 14.7. The Balaban J connectivity index is 1.39. The van der Waals surface area contributed by atoms with E-state index in [1.807, 2.05) is 30.3 Å². The number of hydrogen-bond donors (Lipinski definition) is 1. The number of carbonyl (C=O) groups excluding carboxylic acids is 1. The molecule has 1 aliphatic heterocycles. The number of carbonyl (C=O) groups is 1. The lowest BCUT2D eigenvalue weighted by atomic mass is 10.2. The summed E-state index contributed by atoms with van der Waals surface area (Å²) >= 11 is 5.96. The molecule has 0 aliphatic carbocycles. The highest BCUT2D eigenvalue weighted by Gasteiger charge is 2.16. The fourth-order valence-electron chi connectivity index (χ4n) is 3.41. The van der Waals surface area contributed by atoms with Crippen molar-refractivity contribution in [2.45, 2.75) is 0 Å². The lowest BCUT2D eigenvalue weighted by Gasteiger charge is -2.36. The minimum Gasteiger partial charge on any atom is -0.493 e. The molecule has 1 amide bonds. The molecule has 30 heavy (non-hydrogen) atoms. The summed E-state index contributed by atoms with van der Waals surface area (Å²) in [6.07, 6.45) is 3.31. The summed E-state index contributed by atoms with van der Waals surface area (Å²) in [5.74, 6) is 1.19. The lowest BCUT2D eigenvalue weighted by molar-refractivity contribution is -0.116. The lowest BCUT2D eigenvalue weighted by Crippen LogP contribution is -2.48. The molecule has 0 radical (unpaired) electrons. The third-order valence-electron chi connectivity index (χ3n) is 5.13. The molecule has 1 N–H and O–H groups in total. The Kier molecular flexibility index (Phi) is 7.99. The van der Waals surface area contributed by atoms with Gasteiger partial charge in [0.2, 0.25) is 5.91 Å². The van der Waals surface area contributed by atoms with E-state index in [1.165, 1.54) is 5.69 Å². The number of rotatable bonds is 8. The van der Waals surface area contributed by atoms with Crippen molar-refractivity contribution in [3.05, 3.63) is 59.1 Å². The first kappa shape index (κ1) is 22.0. The fourth-order valence-corrected chi connectivity index (χ4v) is 3.53. The van der Waals surface area contributed by atoms with Gasteiger partial charge in [0.05, 0.1) is 14.2 Å². The molecular formula is C23H28ClN3O3. The van der Waals surface area contributed by atoms with Crippen molar-refractivity contribution in [1.82, 2.24) is 10.2 Å². The topological polar surface area (TPSA) is 54.0 Å². The van der Waals surface area contributed by atoms with Crippen molar-refractivity contribution in [2.24, 2.45) is 0 Å². The van der Waals surface area contributed by atoms with Crippen LogP contribution in [0, 0.1) is 0 Å². The van der Waals surface area contributed by atoms with Crippen molar-refractivity contribution in [3.8, 4) is 11.5 Å². The Morgan fingerprint density at radius 2 is 1.73 bits per heavy atom. The molecule has 2 aromatic carbocycles. The van der Waals surface area contributed by atoms with Crippen LogP contribution in [0.2, 0.25) is 5.02 Å². The van der Waals surface area contributed by atoms with Crippen LogP contribution in [0.4, 0.5) is 5.69 Å². The number of nitrogens with zero attached hydrogens (tertiary/aromatic N) is 2. The SMILES string of the molecule is COc1ccc(/C=C/C(=O)NCCN2CCN(c3ccc(Cl)cc3)CC2)cc1OC. The van der Waals surface area contributed by atoms with E-state index < -0.39 is 0 Å². The van der Waals surface area contributed by atoms with E-state index in [0.717, 1.165) is 43.3 Å². The Morgan fingerprint density at radius 1 is 1.03 bits per heavy atom. The Hall–Kier alpha value is -2.70. The van der Waals surface area contributed by atoms with Crippen molar-refractivity contribution in [1.29, 1.82) is 0 Å². The highest BCUT2D eigenvalue weighted by Crippen LogP contribution is 2.27. The van der Waals surface area contributed by atoms with Crippen molar-refractivity contribution in [2.75, 3.05) is 58.4 Å². The minimum absolute atomic E-state index is 0.107. The van der Waals surface area contributed by atoms with Gasteiger partial charge in [-0.2, -0.15) is 0 Å². The van der Waals surface area contributed by atoms with Crippen LogP contribution in [0.1, 0.15) is 5.56 Å². The van der Waals surface area contributed by atoms with Crippen LogP contribution in [0.5, 0.6) is 11.5 Å². The maximum absolute atomic E-state index is 12.1. The maximum atomic E-state index is 12.1. The van der Waals surface area contributed by atoms with Crippen LogP contribution >= 0.6 is 11.6 Å². The van der Waals surface area contributed by atoms with Crippen molar-refractivity contribution >= 4 is 29.3 Å². The average molecular weight is 430 g/mol. The second-order valence-corrected chi connectivity index (χ2v) is 7.48. The van der Waals surface area contributed by atoms with E-state index in [0.29, 0.717) is 18.0 Å². The average Bonchev–Trinajstić information content (AvgIpc) is 2.78.